The topological polar surface area (TPSA) is 67.9 Å². The number of fused-ring (bicyclic) bond motifs is 1. The highest BCUT2D eigenvalue weighted by Crippen LogP contribution is 2.35. The lowest BCUT2D eigenvalue weighted by molar-refractivity contribution is -0.126. The lowest BCUT2D eigenvalue weighted by Crippen LogP contribution is -2.33. The van der Waals surface area contributed by atoms with E-state index in [1.165, 1.54) is 0 Å². The molecule has 2 heterocycles. The van der Waals surface area contributed by atoms with Crippen LogP contribution >= 0.6 is 0 Å². The summed E-state index contributed by atoms with van der Waals surface area (Å²) < 4.78 is 11.0. The third-order valence-corrected chi connectivity index (χ3v) is 3.88. The fraction of sp³-hybridized carbons (Fsp3) is 0.500. The summed E-state index contributed by atoms with van der Waals surface area (Å²) in [5.41, 5.74) is 0.750. The van der Waals surface area contributed by atoms with Crippen LogP contribution in [0.3, 0.4) is 0 Å². The second kappa shape index (κ2) is 6.25. The maximum Gasteiger partial charge on any atom is 0.227 e. The normalized spacial score (nSPS) is 20.1. The fourth-order valence-corrected chi connectivity index (χ4v) is 2.73. The van der Waals surface area contributed by atoms with Crippen LogP contribution in [-0.2, 0) is 9.59 Å². The van der Waals surface area contributed by atoms with Crippen LogP contribution < -0.4 is 19.7 Å². The Labute approximate surface area is 129 Å². The molecule has 2 aliphatic rings. The number of nitrogens with one attached hydrogen (secondary N) is 1. The molecule has 6 heteroatoms. The van der Waals surface area contributed by atoms with Crippen LogP contribution in [0.5, 0.6) is 11.5 Å². The van der Waals surface area contributed by atoms with Crippen molar-refractivity contribution in [2.24, 2.45) is 5.92 Å². The van der Waals surface area contributed by atoms with Crippen LogP contribution in [0.4, 0.5) is 5.69 Å². The van der Waals surface area contributed by atoms with Gasteiger partial charge in [-0.25, -0.2) is 0 Å². The van der Waals surface area contributed by atoms with Gasteiger partial charge in [0, 0.05) is 31.3 Å². The Bertz CT molecular complexity index is 588. The van der Waals surface area contributed by atoms with Gasteiger partial charge in [-0.05, 0) is 18.6 Å². The summed E-state index contributed by atoms with van der Waals surface area (Å²) in [4.78, 5) is 25.9. The zero-order valence-corrected chi connectivity index (χ0v) is 12.6. The summed E-state index contributed by atoms with van der Waals surface area (Å²) in [6.07, 6.45) is 1.14. The highest BCUT2D eigenvalue weighted by molar-refractivity contribution is 6.00. The van der Waals surface area contributed by atoms with Crippen LogP contribution in [0.1, 0.15) is 19.8 Å². The number of ether oxygens (including phenoxy) is 2. The smallest absolute Gasteiger partial charge is 0.227 e. The zero-order valence-electron chi connectivity index (χ0n) is 12.6. The molecule has 0 saturated carbocycles. The third kappa shape index (κ3) is 2.86. The number of carbonyl (C=O) groups excluding carboxylic acids is 2. The molecule has 0 aliphatic carbocycles. The van der Waals surface area contributed by atoms with E-state index in [-0.39, 0.29) is 24.2 Å². The van der Waals surface area contributed by atoms with Gasteiger partial charge in [0.05, 0.1) is 5.92 Å². The van der Waals surface area contributed by atoms with Gasteiger partial charge >= 0.3 is 0 Å². The van der Waals surface area contributed by atoms with E-state index in [0.717, 1.165) is 12.1 Å². The summed E-state index contributed by atoms with van der Waals surface area (Å²) in [6, 6.07) is 5.44. The van der Waals surface area contributed by atoms with Crippen LogP contribution in [0.2, 0.25) is 0 Å². The van der Waals surface area contributed by atoms with Gasteiger partial charge in [-0.15, -0.1) is 0 Å². The molecular formula is C16H20N2O4. The second-order valence-corrected chi connectivity index (χ2v) is 5.52. The molecule has 0 radical (unpaired) electrons. The number of hydrogen-bond acceptors (Lipinski definition) is 4. The Kier molecular flexibility index (Phi) is 4.18. The van der Waals surface area contributed by atoms with E-state index >= 15 is 0 Å². The van der Waals surface area contributed by atoms with Crippen LogP contribution in [0.25, 0.3) is 0 Å². The SMILES string of the molecule is CCCNC(=O)C1CC(=O)N(c2ccc3c(c2)OCCO3)C1. The van der Waals surface area contributed by atoms with Crippen molar-refractivity contribution in [2.45, 2.75) is 19.8 Å². The van der Waals surface area contributed by atoms with Gasteiger partial charge in [-0.1, -0.05) is 6.92 Å². The number of benzene rings is 1. The highest BCUT2D eigenvalue weighted by atomic mass is 16.6. The second-order valence-electron chi connectivity index (χ2n) is 5.52. The molecule has 0 bridgehead atoms. The zero-order chi connectivity index (χ0) is 15.5. The maximum atomic E-state index is 12.2. The Hall–Kier alpha value is -2.24. The van der Waals surface area contributed by atoms with Crippen molar-refractivity contribution >= 4 is 17.5 Å². The molecule has 22 heavy (non-hydrogen) atoms. The number of hydrogen-bond donors (Lipinski definition) is 1. The lowest BCUT2D eigenvalue weighted by atomic mass is 10.1. The van der Waals surface area contributed by atoms with Crippen LogP contribution in [-0.4, -0.2) is 38.1 Å². The van der Waals surface area contributed by atoms with E-state index in [9.17, 15) is 9.59 Å². The van der Waals surface area contributed by atoms with Crippen molar-refractivity contribution in [3.8, 4) is 11.5 Å². The molecule has 6 nitrogen and oxygen atoms in total. The van der Waals surface area contributed by atoms with Crippen LogP contribution in [0, 0.1) is 5.92 Å². The Balaban J connectivity index is 1.72. The summed E-state index contributed by atoms with van der Waals surface area (Å²) >= 11 is 0. The average Bonchev–Trinajstić information content (AvgIpc) is 2.94. The molecule has 1 unspecified atom stereocenters. The van der Waals surface area contributed by atoms with Crippen molar-refractivity contribution in [1.29, 1.82) is 0 Å². The number of rotatable bonds is 4. The first-order valence-corrected chi connectivity index (χ1v) is 7.66. The number of carbonyl (C=O) groups is 2. The molecule has 1 saturated heterocycles. The minimum absolute atomic E-state index is 0.0340. The maximum absolute atomic E-state index is 12.2. The lowest BCUT2D eigenvalue weighted by Gasteiger charge is -2.22. The summed E-state index contributed by atoms with van der Waals surface area (Å²) in [5, 5.41) is 2.85. The highest BCUT2D eigenvalue weighted by Gasteiger charge is 2.35. The standard InChI is InChI=1S/C16H20N2O4/c1-2-5-17-16(20)11-8-15(19)18(10-11)12-3-4-13-14(9-12)22-7-6-21-13/h3-4,9,11H,2,5-8,10H2,1H3,(H,17,20). The number of nitrogens with zero attached hydrogens (tertiary/aromatic N) is 1. The molecule has 1 N–H and O–H groups in total. The number of anilines is 1. The van der Waals surface area contributed by atoms with Gasteiger partial charge < -0.3 is 19.7 Å². The molecule has 1 aromatic carbocycles. The van der Waals surface area contributed by atoms with E-state index in [0.29, 0.717) is 37.8 Å². The van der Waals surface area contributed by atoms with E-state index < -0.39 is 0 Å². The Morgan fingerprint density at radius 2 is 2.09 bits per heavy atom. The van der Waals surface area contributed by atoms with E-state index in [4.69, 9.17) is 9.47 Å². The monoisotopic (exact) mass is 304 g/mol. The molecule has 1 fully saturated rings. The minimum atomic E-state index is -0.285. The van der Waals surface area contributed by atoms with E-state index in [2.05, 4.69) is 5.32 Å². The molecule has 2 amide bonds. The van der Waals surface area contributed by atoms with Crippen molar-refractivity contribution in [3.05, 3.63) is 18.2 Å². The average molecular weight is 304 g/mol. The first-order valence-electron chi connectivity index (χ1n) is 7.66. The fourth-order valence-electron chi connectivity index (χ4n) is 2.73. The number of amides is 2. The summed E-state index contributed by atoms with van der Waals surface area (Å²) in [7, 11) is 0. The molecule has 118 valence electrons. The van der Waals surface area contributed by atoms with Gasteiger partial charge in [0.2, 0.25) is 11.8 Å². The third-order valence-electron chi connectivity index (χ3n) is 3.88. The largest absolute Gasteiger partial charge is 0.486 e. The summed E-state index contributed by atoms with van der Waals surface area (Å²) in [6.45, 7) is 4.10. The van der Waals surface area contributed by atoms with Gasteiger partial charge in [0.15, 0.2) is 11.5 Å². The molecular weight excluding hydrogens is 284 g/mol. The quantitative estimate of drug-likeness (QED) is 0.911. The molecule has 1 atom stereocenters. The van der Waals surface area contributed by atoms with E-state index in [1.54, 1.807) is 11.0 Å². The van der Waals surface area contributed by atoms with Crippen molar-refractivity contribution < 1.29 is 19.1 Å². The molecule has 0 aromatic heterocycles. The summed E-state index contributed by atoms with van der Waals surface area (Å²) in [5.74, 6) is 0.977. The minimum Gasteiger partial charge on any atom is -0.486 e. The van der Waals surface area contributed by atoms with Crippen molar-refractivity contribution in [3.63, 3.8) is 0 Å². The first kappa shape index (κ1) is 14.7. The Morgan fingerprint density at radius 3 is 2.86 bits per heavy atom. The van der Waals surface area contributed by atoms with Crippen molar-refractivity contribution in [1.82, 2.24) is 5.32 Å². The van der Waals surface area contributed by atoms with Crippen molar-refractivity contribution in [2.75, 3.05) is 31.2 Å². The van der Waals surface area contributed by atoms with Gasteiger partial charge in [0.25, 0.3) is 0 Å². The predicted octanol–water partition coefficient (Wildman–Crippen LogP) is 1.34. The molecule has 2 aliphatic heterocycles. The van der Waals surface area contributed by atoms with Gasteiger partial charge in [0.1, 0.15) is 13.2 Å². The van der Waals surface area contributed by atoms with E-state index in [1.807, 2.05) is 19.1 Å². The van der Waals surface area contributed by atoms with Gasteiger partial charge in [-0.2, -0.15) is 0 Å². The molecule has 1 aromatic rings. The van der Waals surface area contributed by atoms with Gasteiger partial charge in [-0.3, -0.25) is 9.59 Å². The first-order chi connectivity index (χ1) is 10.7. The predicted molar refractivity (Wildman–Crippen MR) is 81.2 cm³/mol. The Morgan fingerprint density at radius 1 is 1.32 bits per heavy atom. The van der Waals surface area contributed by atoms with Crippen LogP contribution in [0.15, 0.2) is 18.2 Å². The molecule has 3 rings (SSSR count). The molecule has 0 spiro atoms.